The molecule has 0 aromatic heterocycles. The summed E-state index contributed by atoms with van der Waals surface area (Å²) in [5.41, 5.74) is 0. The van der Waals surface area contributed by atoms with Crippen LogP contribution in [0.1, 0.15) is 41.5 Å². The second kappa shape index (κ2) is 7.47. The van der Waals surface area contributed by atoms with E-state index < -0.39 is 25.3 Å². The Labute approximate surface area is 167 Å². The summed E-state index contributed by atoms with van der Waals surface area (Å²) in [5.74, 6) is -0.550. The summed E-state index contributed by atoms with van der Waals surface area (Å²) < 4.78 is 66.7. The molecule has 0 saturated carbocycles. The zero-order valence-electron chi connectivity index (χ0n) is 15.4. The number of halogens is 6. The topological polar surface area (TPSA) is 9.23 Å². The van der Waals surface area contributed by atoms with Crippen LogP contribution < -0.4 is 10.0 Å². The fourth-order valence-electron chi connectivity index (χ4n) is 3.70. The van der Waals surface area contributed by atoms with Crippen LogP contribution >= 0.6 is 18.9 Å². The Hall–Kier alpha value is 0.0523. The quantitative estimate of drug-likeness (QED) is 0.200. The van der Waals surface area contributed by atoms with Gasteiger partial charge in [0.25, 0.3) is 0 Å². The van der Waals surface area contributed by atoms with Gasteiger partial charge in [0.15, 0.2) is 0 Å². The number of hydrogen-bond donors (Lipinski definition) is 0. The Morgan fingerprint density at radius 3 is 1.54 bits per heavy atom. The molecule has 26 heavy (non-hydrogen) atoms. The van der Waals surface area contributed by atoms with E-state index in [1.54, 1.807) is 12.1 Å². The number of benzene rings is 1. The van der Waals surface area contributed by atoms with Crippen molar-refractivity contribution in [3.8, 4) is 5.75 Å². The molecule has 155 valence electrons. The van der Waals surface area contributed by atoms with Gasteiger partial charge in [0, 0.05) is 0 Å². The number of ether oxygens (including phenoxy) is 1. The molecule has 1 atom stereocenters. The molecule has 1 aromatic rings. The van der Waals surface area contributed by atoms with Gasteiger partial charge < -0.3 is 0 Å². The third-order valence-corrected chi connectivity index (χ3v) is 14.1. The second-order valence-electron chi connectivity index (χ2n) is 8.22. The van der Waals surface area contributed by atoms with Gasteiger partial charge >= 0.3 is 168 Å². The molecule has 0 fully saturated rings. The molecule has 0 amide bonds. The zero-order chi connectivity index (χ0) is 20.8. The molecule has 0 aliphatic rings. The summed E-state index contributed by atoms with van der Waals surface area (Å²) in [6.45, 7) is 12.4. The van der Waals surface area contributed by atoms with Crippen LogP contribution in [0.15, 0.2) is 24.3 Å². The normalized spacial score (nSPS) is 16.4. The average molecular weight is 512 g/mol. The van der Waals surface area contributed by atoms with E-state index in [1.165, 1.54) is 0 Å². The van der Waals surface area contributed by atoms with Gasteiger partial charge in [0.2, 0.25) is 0 Å². The SMILES string of the molecule is CC(C)(C)[PH](c1ccc(OC(F)(F)C(F)(F)F)cc1)([CH](Cl)[Pd])C(C)(C)C. The second-order valence-corrected chi connectivity index (χ2v) is 17.0. The molecule has 0 saturated heterocycles. The summed E-state index contributed by atoms with van der Waals surface area (Å²) in [6.07, 6.45) is -11.0. The molecule has 0 aliphatic heterocycles. The van der Waals surface area contributed by atoms with Crippen molar-refractivity contribution in [3.05, 3.63) is 24.3 Å². The minimum atomic E-state index is -5.78. The van der Waals surface area contributed by atoms with Gasteiger partial charge in [-0.05, 0) is 0 Å². The van der Waals surface area contributed by atoms with Gasteiger partial charge in [0.1, 0.15) is 0 Å². The van der Waals surface area contributed by atoms with Crippen molar-refractivity contribution >= 4 is 24.2 Å². The zero-order valence-corrected chi connectivity index (χ0v) is 18.7. The molecule has 0 aliphatic carbocycles. The molecule has 0 radical (unpaired) electrons. The summed E-state index contributed by atoms with van der Waals surface area (Å²) in [5, 5.41) is 0.427. The molecule has 9 heteroatoms. The van der Waals surface area contributed by atoms with E-state index in [2.05, 4.69) is 65.5 Å². The van der Waals surface area contributed by atoms with E-state index in [-0.39, 0.29) is 13.9 Å². The first-order valence-electron chi connectivity index (χ1n) is 7.86. The Kier molecular flexibility index (Phi) is 6.92. The summed E-state index contributed by atoms with van der Waals surface area (Å²) >= 11 is 9.81. The van der Waals surface area contributed by atoms with Crippen LogP contribution in [0.25, 0.3) is 0 Å². The predicted molar refractivity (Wildman–Crippen MR) is 95.2 cm³/mol. The first-order chi connectivity index (χ1) is 11.4. The van der Waals surface area contributed by atoms with E-state index in [4.69, 9.17) is 11.6 Å². The molecule has 0 bridgehead atoms. The van der Waals surface area contributed by atoms with Crippen LogP contribution in [-0.4, -0.2) is 26.2 Å². The molecule has 0 spiro atoms. The molecular weight excluding hydrogens is 488 g/mol. The molecule has 0 heterocycles. The average Bonchev–Trinajstić information content (AvgIpc) is 2.35. The summed E-state index contributed by atoms with van der Waals surface area (Å²) in [7, 11) is -2.54. The van der Waals surface area contributed by atoms with Gasteiger partial charge in [-0.15, -0.1) is 0 Å². The van der Waals surface area contributed by atoms with E-state index >= 15 is 0 Å². The Balaban J connectivity index is 3.42. The summed E-state index contributed by atoms with van der Waals surface area (Å²) in [6, 6.07) is 5.38. The fraction of sp³-hybridized carbons (Fsp3) is 0.647. The van der Waals surface area contributed by atoms with Crippen molar-refractivity contribution in [2.24, 2.45) is 0 Å². The summed E-state index contributed by atoms with van der Waals surface area (Å²) in [4.78, 5) is 0. The van der Waals surface area contributed by atoms with Crippen LogP contribution in [0.4, 0.5) is 22.0 Å². The van der Waals surface area contributed by atoms with Crippen LogP contribution in [0.3, 0.4) is 0 Å². The maximum atomic E-state index is 13.1. The molecule has 0 N–H and O–H groups in total. The van der Waals surface area contributed by atoms with Crippen molar-refractivity contribution in [2.45, 2.75) is 67.7 Å². The van der Waals surface area contributed by atoms with Gasteiger partial charge in [-0.25, -0.2) is 0 Å². The first kappa shape index (κ1) is 24.1. The predicted octanol–water partition coefficient (Wildman–Crippen LogP) is 6.26. The number of rotatable bonds is 4. The van der Waals surface area contributed by atoms with E-state index in [1.807, 2.05) is 0 Å². The first-order valence-corrected chi connectivity index (χ1v) is 11.3. The molecule has 1 rings (SSSR count). The van der Waals surface area contributed by atoms with E-state index in [0.29, 0.717) is 0 Å². The van der Waals surface area contributed by atoms with Crippen molar-refractivity contribution < 1.29 is 45.9 Å². The minimum absolute atomic E-state index is 0.213. The molecule has 1 unspecified atom stereocenters. The molecule has 1 aromatic carbocycles. The monoisotopic (exact) mass is 511 g/mol. The Morgan fingerprint density at radius 1 is 0.885 bits per heavy atom. The molecular formula is C17H24ClF5OPPd. The van der Waals surface area contributed by atoms with Crippen LogP contribution in [0, 0.1) is 0 Å². The van der Waals surface area contributed by atoms with Crippen molar-refractivity contribution in [1.82, 2.24) is 0 Å². The molecule has 1 nitrogen and oxygen atoms in total. The standard InChI is InChI=1S/C17H24ClF5OP.Pd/c1-14(2,3)25(11-18,15(4,5)6)13-9-7-12(8-10-13)24-17(22,23)16(19,20)21;/h7-11,25H,1-6H3;. The van der Waals surface area contributed by atoms with Crippen molar-refractivity contribution in [1.29, 1.82) is 0 Å². The van der Waals surface area contributed by atoms with Crippen molar-refractivity contribution in [3.63, 3.8) is 0 Å². The maximum absolute atomic E-state index is 13.1. The van der Waals surface area contributed by atoms with Gasteiger partial charge in [0.05, 0.1) is 0 Å². The van der Waals surface area contributed by atoms with Crippen LogP contribution in [0.2, 0.25) is 0 Å². The Morgan fingerprint density at radius 2 is 1.27 bits per heavy atom. The van der Waals surface area contributed by atoms with E-state index in [0.717, 1.165) is 17.4 Å². The van der Waals surface area contributed by atoms with E-state index in [9.17, 15) is 22.0 Å². The third-order valence-electron chi connectivity index (χ3n) is 4.55. The van der Waals surface area contributed by atoms with Crippen LogP contribution in [0.5, 0.6) is 5.75 Å². The van der Waals surface area contributed by atoms with Gasteiger partial charge in [-0.1, -0.05) is 0 Å². The Bertz CT molecular complexity index is 604. The van der Waals surface area contributed by atoms with Crippen LogP contribution in [-0.2, 0) is 19.2 Å². The fourth-order valence-corrected chi connectivity index (χ4v) is 17.0. The van der Waals surface area contributed by atoms with Gasteiger partial charge in [-0.3, -0.25) is 0 Å². The van der Waals surface area contributed by atoms with Gasteiger partial charge in [-0.2, -0.15) is 0 Å². The number of alkyl halides is 6. The third kappa shape index (κ3) is 4.37. The number of hydrogen-bond acceptors (Lipinski definition) is 1. The van der Waals surface area contributed by atoms with Crippen molar-refractivity contribution in [2.75, 3.05) is 0 Å².